The molecule has 0 radical (unpaired) electrons. The number of piperidine rings is 1. The van der Waals surface area contributed by atoms with Crippen LogP contribution in [0.2, 0.25) is 0 Å². The highest BCUT2D eigenvalue weighted by Crippen LogP contribution is 2.27. The lowest BCUT2D eigenvalue weighted by atomic mass is 9.94. The molecule has 3 unspecified atom stereocenters. The van der Waals surface area contributed by atoms with E-state index in [2.05, 4.69) is 0 Å². The zero-order valence-electron chi connectivity index (χ0n) is 16.1. The fraction of sp³-hybridized carbons (Fsp3) is 0.600. The maximum absolute atomic E-state index is 13.0. The molecule has 2 aliphatic rings. The summed E-state index contributed by atoms with van der Waals surface area (Å²) >= 11 is 0. The van der Waals surface area contributed by atoms with Gasteiger partial charge in [0.25, 0.3) is 0 Å². The van der Waals surface area contributed by atoms with Gasteiger partial charge in [0, 0.05) is 38.1 Å². The predicted octanol–water partition coefficient (Wildman–Crippen LogP) is 2.19. The number of amides is 2. The van der Waals surface area contributed by atoms with Gasteiger partial charge in [0.05, 0.1) is 13.0 Å². The highest BCUT2D eigenvalue weighted by Gasteiger charge is 2.39. The molecular weight excluding hydrogens is 366 g/mol. The lowest BCUT2D eigenvalue weighted by Crippen LogP contribution is -2.53. The van der Waals surface area contributed by atoms with E-state index in [1.165, 1.54) is 0 Å². The number of likely N-dealkylation sites (tertiary alicyclic amines) is 2. The standard InChI is InChI=1S/C20H29N3O3.ClH/c1-14(21)18-5-3-4-10-23(18)20(25)16-11-19(24)22(13-16)12-15-6-8-17(26-2)9-7-15;/h6-9,14,16,18H,3-5,10-13,21H2,1-2H3;1H. The van der Waals surface area contributed by atoms with Crippen molar-refractivity contribution in [3.05, 3.63) is 29.8 Å². The molecular formula is C20H30ClN3O3. The molecule has 0 saturated carbocycles. The minimum Gasteiger partial charge on any atom is -0.497 e. The lowest BCUT2D eigenvalue weighted by Gasteiger charge is -2.39. The monoisotopic (exact) mass is 395 g/mol. The molecule has 150 valence electrons. The van der Waals surface area contributed by atoms with E-state index >= 15 is 0 Å². The summed E-state index contributed by atoms with van der Waals surface area (Å²) in [6, 6.07) is 7.75. The summed E-state index contributed by atoms with van der Waals surface area (Å²) in [6.07, 6.45) is 3.39. The Morgan fingerprint density at radius 2 is 2.00 bits per heavy atom. The molecule has 2 heterocycles. The van der Waals surface area contributed by atoms with E-state index in [0.29, 0.717) is 19.5 Å². The molecule has 0 bridgehead atoms. The Morgan fingerprint density at radius 3 is 2.63 bits per heavy atom. The van der Waals surface area contributed by atoms with Gasteiger partial charge in [0.15, 0.2) is 0 Å². The SMILES string of the molecule is COc1ccc(CN2CC(C(=O)N3CCCCC3C(C)N)CC2=O)cc1.Cl. The number of benzene rings is 1. The molecule has 6 nitrogen and oxygen atoms in total. The first-order valence-corrected chi connectivity index (χ1v) is 9.46. The smallest absolute Gasteiger partial charge is 0.228 e. The van der Waals surface area contributed by atoms with Crippen LogP contribution in [0.25, 0.3) is 0 Å². The zero-order valence-corrected chi connectivity index (χ0v) is 16.9. The minimum atomic E-state index is -0.250. The fourth-order valence-corrected chi connectivity index (χ4v) is 4.05. The number of carbonyl (C=O) groups excluding carboxylic acids is 2. The number of hydrogen-bond acceptors (Lipinski definition) is 4. The number of methoxy groups -OCH3 is 1. The molecule has 2 amide bonds. The van der Waals surface area contributed by atoms with Crippen molar-refractivity contribution in [2.75, 3.05) is 20.2 Å². The first kappa shape index (κ1) is 21.5. The summed E-state index contributed by atoms with van der Waals surface area (Å²) in [5.74, 6) is 0.688. The molecule has 2 fully saturated rings. The van der Waals surface area contributed by atoms with Crippen LogP contribution in [0.4, 0.5) is 0 Å². The largest absolute Gasteiger partial charge is 0.497 e. The Labute approximate surface area is 167 Å². The third kappa shape index (κ3) is 4.93. The van der Waals surface area contributed by atoms with Crippen LogP contribution in [0.15, 0.2) is 24.3 Å². The number of rotatable bonds is 5. The van der Waals surface area contributed by atoms with E-state index in [-0.39, 0.29) is 42.2 Å². The molecule has 0 spiro atoms. The van der Waals surface area contributed by atoms with Crippen LogP contribution >= 0.6 is 12.4 Å². The Balaban J connectivity index is 0.00000261. The molecule has 2 saturated heterocycles. The highest BCUT2D eigenvalue weighted by molar-refractivity contribution is 5.89. The van der Waals surface area contributed by atoms with Crippen molar-refractivity contribution in [1.82, 2.24) is 9.80 Å². The summed E-state index contributed by atoms with van der Waals surface area (Å²) in [4.78, 5) is 29.2. The second kappa shape index (κ2) is 9.42. The average molecular weight is 396 g/mol. The number of nitrogens with two attached hydrogens (primary N) is 1. The summed E-state index contributed by atoms with van der Waals surface area (Å²) in [6.45, 7) is 3.75. The summed E-state index contributed by atoms with van der Waals surface area (Å²) in [5.41, 5.74) is 7.13. The van der Waals surface area contributed by atoms with E-state index in [1.807, 2.05) is 36.1 Å². The summed E-state index contributed by atoms with van der Waals surface area (Å²) in [7, 11) is 1.63. The van der Waals surface area contributed by atoms with E-state index in [0.717, 1.165) is 37.1 Å². The summed E-state index contributed by atoms with van der Waals surface area (Å²) in [5, 5.41) is 0. The van der Waals surface area contributed by atoms with Crippen LogP contribution in [0.3, 0.4) is 0 Å². The maximum Gasteiger partial charge on any atom is 0.228 e. The van der Waals surface area contributed by atoms with Crippen LogP contribution < -0.4 is 10.5 Å². The highest BCUT2D eigenvalue weighted by atomic mass is 35.5. The Bertz CT molecular complexity index is 650. The van der Waals surface area contributed by atoms with E-state index in [4.69, 9.17) is 10.5 Å². The van der Waals surface area contributed by atoms with Crippen molar-refractivity contribution < 1.29 is 14.3 Å². The van der Waals surface area contributed by atoms with Gasteiger partial charge in [0.2, 0.25) is 11.8 Å². The second-order valence-corrected chi connectivity index (χ2v) is 7.48. The average Bonchev–Trinajstić information content (AvgIpc) is 3.02. The van der Waals surface area contributed by atoms with Crippen LogP contribution in [0.5, 0.6) is 5.75 Å². The van der Waals surface area contributed by atoms with Crippen LogP contribution in [0, 0.1) is 5.92 Å². The first-order chi connectivity index (χ1) is 12.5. The van der Waals surface area contributed by atoms with Crippen molar-refractivity contribution >= 4 is 24.2 Å². The zero-order chi connectivity index (χ0) is 18.7. The maximum atomic E-state index is 13.0. The lowest BCUT2D eigenvalue weighted by molar-refractivity contribution is -0.139. The van der Waals surface area contributed by atoms with Crippen LogP contribution in [-0.2, 0) is 16.1 Å². The normalized spacial score (nSPS) is 23.7. The molecule has 7 heteroatoms. The van der Waals surface area contributed by atoms with Gasteiger partial charge in [-0.25, -0.2) is 0 Å². The minimum absolute atomic E-state index is 0. The van der Waals surface area contributed by atoms with Gasteiger partial charge in [-0.15, -0.1) is 12.4 Å². The molecule has 1 aromatic carbocycles. The van der Waals surface area contributed by atoms with Crippen molar-refractivity contribution in [3.63, 3.8) is 0 Å². The van der Waals surface area contributed by atoms with Crippen molar-refractivity contribution in [2.45, 2.75) is 51.2 Å². The van der Waals surface area contributed by atoms with Gasteiger partial charge in [-0.05, 0) is 43.9 Å². The van der Waals surface area contributed by atoms with Gasteiger partial charge in [-0.3, -0.25) is 9.59 Å². The van der Waals surface area contributed by atoms with Crippen molar-refractivity contribution in [1.29, 1.82) is 0 Å². The van der Waals surface area contributed by atoms with Gasteiger partial charge in [0.1, 0.15) is 5.75 Å². The van der Waals surface area contributed by atoms with Gasteiger partial charge < -0.3 is 20.3 Å². The molecule has 27 heavy (non-hydrogen) atoms. The first-order valence-electron chi connectivity index (χ1n) is 9.46. The Hall–Kier alpha value is -1.79. The van der Waals surface area contributed by atoms with Gasteiger partial charge in [-0.1, -0.05) is 12.1 Å². The van der Waals surface area contributed by atoms with E-state index < -0.39 is 0 Å². The molecule has 0 aromatic heterocycles. The molecule has 0 aliphatic carbocycles. The number of ether oxygens (including phenoxy) is 1. The third-order valence-corrected chi connectivity index (χ3v) is 5.54. The number of nitrogens with zero attached hydrogens (tertiary/aromatic N) is 2. The van der Waals surface area contributed by atoms with Crippen molar-refractivity contribution in [2.24, 2.45) is 11.7 Å². The van der Waals surface area contributed by atoms with Crippen LogP contribution in [-0.4, -0.2) is 53.9 Å². The number of carbonyl (C=O) groups is 2. The fourth-order valence-electron chi connectivity index (χ4n) is 4.05. The van der Waals surface area contributed by atoms with Gasteiger partial charge >= 0.3 is 0 Å². The Morgan fingerprint density at radius 1 is 1.30 bits per heavy atom. The predicted molar refractivity (Wildman–Crippen MR) is 107 cm³/mol. The van der Waals surface area contributed by atoms with E-state index in [1.54, 1.807) is 12.0 Å². The van der Waals surface area contributed by atoms with E-state index in [9.17, 15) is 9.59 Å². The van der Waals surface area contributed by atoms with Crippen LogP contribution in [0.1, 0.15) is 38.2 Å². The molecule has 2 aliphatic heterocycles. The molecule has 3 atom stereocenters. The molecule has 2 N–H and O–H groups in total. The molecule has 3 rings (SSSR count). The number of hydrogen-bond donors (Lipinski definition) is 1. The quantitative estimate of drug-likeness (QED) is 0.829. The Kier molecular flexibility index (Phi) is 7.50. The summed E-state index contributed by atoms with van der Waals surface area (Å²) < 4.78 is 5.16. The number of halogens is 1. The van der Waals surface area contributed by atoms with Gasteiger partial charge in [-0.2, -0.15) is 0 Å². The molecule has 1 aromatic rings. The van der Waals surface area contributed by atoms with Crippen molar-refractivity contribution in [3.8, 4) is 5.75 Å². The topological polar surface area (TPSA) is 75.9 Å². The third-order valence-electron chi connectivity index (χ3n) is 5.54. The second-order valence-electron chi connectivity index (χ2n) is 7.48.